The summed E-state index contributed by atoms with van der Waals surface area (Å²) in [6, 6.07) is 11.3. The van der Waals surface area contributed by atoms with Gasteiger partial charge in [-0.1, -0.05) is 18.2 Å². The predicted molar refractivity (Wildman–Crippen MR) is 81.1 cm³/mol. The Hall–Kier alpha value is -2.66. The summed E-state index contributed by atoms with van der Waals surface area (Å²) in [6.07, 6.45) is 0. The maximum Gasteiger partial charge on any atom is 0.265 e. The van der Waals surface area contributed by atoms with E-state index >= 15 is 0 Å². The van der Waals surface area contributed by atoms with E-state index in [1.54, 1.807) is 6.92 Å². The van der Waals surface area contributed by atoms with Gasteiger partial charge in [0, 0.05) is 33.4 Å². The minimum Gasteiger partial charge on any atom is -0.372 e. The summed E-state index contributed by atoms with van der Waals surface area (Å²) in [5.74, 6) is -1.06. The summed E-state index contributed by atoms with van der Waals surface area (Å²) < 4.78 is 13.6. The maximum atomic E-state index is 13.6. The first kappa shape index (κ1) is 13.0. The van der Waals surface area contributed by atoms with Gasteiger partial charge in [-0.05, 0) is 31.2 Å². The highest BCUT2D eigenvalue weighted by Crippen LogP contribution is 2.44. The van der Waals surface area contributed by atoms with Gasteiger partial charge in [0.05, 0.1) is 0 Å². The van der Waals surface area contributed by atoms with Crippen LogP contribution >= 0.6 is 0 Å². The highest BCUT2D eigenvalue weighted by atomic mass is 19.1. The fourth-order valence-electron chi connectivity index (χ4n) is 3.25. The summed E-state index contributed by atoms with van der Waals surface area (Å²) in [5, 5.41) is 14.5. The van der Waals surface area contributed by atoms with Crippen LogP contribution in [0, 0.1) is 12.7 Å². The lowest BCUT2D eigenvalue weighted by atomic mass is 9.85. The van der Waals surface area contributed by atoms with E-state index in [9.17, 15) is 14.3 Å². The molecule has 0 unspecified atom stereocenters. The molecule has 2 heterocycles. The van der Waals surface area contributed by atoms with Crippen molar-refractivity contribution in [3.05, 3.63) is 65.1 Å². The second-order valence-corrected chi connectivity index (χ2v) is 5.53. The van der Waals surface area contributed by atoms with Gasteiger partial charge in [-0.15, -0.1) is 0 Å². The van der Waals surface area contributed by atoms with Crippen LogP contribution in [0.2, 0.25) is 0 Å². The number of aryl methyl sites for hydroxylation is 1. The minimum atomic E-state index is -1.90. The molecule has 0 fully saturated rings. The molecule has 1 aromatic heterocycles. The minimum absolute atomic E-state index is 0.241. The number of carbonyl (C=O) groups is 1. The van der Waals surface area contributed by atoms with E-state index in [-0.39, 0.29) is 5.56 Å². The van der Waals surface area contributed by atoms with Crippen LogP contribution in [0.25, 0.3) is 10.9 Å². The topological polar surface area (TPSA) is 65.1 Å². The Balaban J connectivity index is 2.08. The number of nitrogens with one attached hydrogen (secondary N) is 2. The summed E-state index contributed by atoms with van der Waals surface area (Å²) in [7, 11) is 0. The van der Waals surface area contributed by atoms with Crippen LogP contribution in [-0.4, -0.2) is 16.0 Å². The van der Waals surface area contributed by atoms with E-state index in [0.29, 0.717) is 16.9 Å². The van der Waals surface area contributed by atoms with Crippen LogP contribution in [0.3, 0.4) is 0 Å². The molecule has 0 spiro atoms. The Kier molecular flexibility index (Phi) is 2.47. The highest BCUT2D eigenvalue weighted by molar-refractivity contribution is 6.09. The van der Waals surface area contributed by atoms with E-state index in [0.717, 1.165) is 10.9 Å². The Labute approximate surface area is 125 Å². The molecule has 1 amide bonds. The molecule has 0 aliphatic carbocycles. The van der Waals surface area contributed by atoms with Gasteiger partial charge in [0.15, 0.2) is 5.60 Å². The number of fused-ring (bicyclic) bond motifs is 2. The van der Waals surface area contributed by atoms with Crippen LogP contribution in [0.4, 0.5) is 10.1 Å². The van der Waals surface area contributed by atoms with Crippen LogP contribution in [0.15, 0.2) is 42.5 Å². The molecule has 0 radical (unpaired) electrons. The molecule has 1 aliphatic rings. The molecular formula is C17H13FN2O2. The average Bonchev–Trinajstić information content (AvgIpc) is 2.95. The van der Waals surface area contributed by atoms with Crippen molar-refractivity contribution >= 4 is 22.5 Å². The Bertz CT molecular complexity index is 932. The molecule has 0 saturated carbocycles. The molecule has 1 aliphatic heterocycles. The largest absolute Gasteiger partial charge is 0.372 e. The van der Waals surface area contributed by atoms with E-state index in [1.165, 1.54) is 18.2 Å². The fourth-order valence-corrected chi connectivity index (χ4v) is 3.25. The Morgan fingerprint density at radius 1 is 1.18 bits per heavy atom. The maximum absolute atomic E-state index is 13.6. The molecule has 0 bridgehead atoms. The molecule has 4 rings (SSSR count). The number of halogens is 1. The molecule has 5 heteroatoms. The molecule has 2 aromatic carbocycles. The van der Waals surface area contributed by atoms with Crippen LogP contribution < -0.4 is 5.32 Å². The van der Waals surface area contributed by atoms with Crippen molar-refractivity contribution < 1.29 is 14.3 Å². The number of rotatable bonds is 1. The van der Waals surface area contributed by atoms with Gasteiger partial charge in [0.1, 0.15) is 5.82 Å². The predicted octanol–water partition coefficient (Wildman–Crippen LogP) is 2.80. The van der Waals surface area contributed by atoms with Gasteiger partial charge >= 0.3 is 0 Å². The van der Waals surface area contributed by atoms with Gasteiger partial charge in [0.25, 0.3) is 5.91 Å². The summed E-state index contributed by atoms with van der Waals surface area (Å²) in [6.45, 7) is 1.79. The lowest BCUT2D eigenvalue weighted by Crippen LogP contribution is -2.35. The molecule has 4 nitrogen and oxygen atoms in total. The van der Waals surface area contributed by atoms with E-state index < -0.39 is 17.3 Å². The Morgan fingerprint density at radius 3 is 2.77 bits per heavy atom. The molecular weight excluding hydrogens is 283 g/mol. The zero-order valence-electron chi connectivity index (χ0n) is 11.8. The van der Waals surface area contributed by atoms with Crippen molar-refractivity contribution in [3.63, 3.8) is 0 Å². The van der Waals surface area contributed by atoms with Crippen molar-refractivity contribution in [3.8, 4) is 0 Å². The van der Waals surface area contributed by atoms with Crippen LogP contribution in [0.1, 0.15) is 16.8 Å². The van der Waals surface area contributed by atoms with E-state index in [1.807, 2.05) is 24.3 Å². The SMILES string of the molecule is Cc1[nH]c2ccccc2c1[C@]1(O)C(=O)Nc2ccc(F)cc21. The van der Waals surface area contributed by atoms with E-state index in [4.69, 9.17) is 0 Å². The number of aliphatic hydroxyl groups is 1. The van der Waals surface area contributed by atoms with Crippen molar-refractivity contribution in [1.82, 2.24) is 4.98 Å². The highest BCUT2D eigenvalue weighted by Gasteiger charge is 2.49. The second-order valence-electron chi connectivity index (χ2n) is 5.53. The van der Waals surface area contributed by atoms with Gasteiger partial charge in [-0.2, -0.15) is 0 Å². The number of aromatic amines is 1. The lowest BCUT2D eigenvalue weighted by Gasteiger charge is -2.22. The number of amides is 1. The number of aromatic nitrogens is 1. The second kappa shape index (κ2) is 4.18. The number of hydrogen-bond acceptors (Lipinski definition) is 2. The zero-order chi connectivity index (χ0) is 15.5. The third-order valence-corrected chi connectivity index (χ3v) is 4.20. The third-order valence-electron chi connectivity index (χ3n) is 4.20. The van der Waals surface area contributed by atoms with Gasteiger partial charge in [-0.25, -0.2) is 4.39 Å². The molecule has 3 aromatic rings. The first-order valence-corrected chi connectivity index (χ1v) is 6.93. The number of benzene rings is 2. The third kappa shape index (κ3) is 1.51. The summed E-state index contributed by atoms with van der Waals surface area (Å²) >= 11 is 0. The summed E-state index contributed by atoms with van der Waals surface area (Å²) in [4.78, 5) is 15.6. The number of carbonyl (C=O) groups excluding carboxylic acids is 1. The number of para-hydroxylation sites is 1. The first-order chi connectivity index (χ1) is 10.5. The molecule has 3 N–H and O–H groups in total. The lowest BCUT2D eigenvalue weighted by molar-refractivity contribution is -0.129. The molecule has 1 atom stereocenters. The fraction of sp³-hybridized carbons (Fsp3) is 0.118. The van der Waals surface area contributed by atoms with Crippen molar-refractivity contribution in [1.29, 1.82) is 0 Å². The number of anilines is 1. The van der Waals surface area contributed by atoms with E-state index in [2.05, 4.69) is 10.3 Å². The quantitative estimate of drug-likeness (QED) is 0.646. The van der Waals surface area contributed by atoms with Gasteiger partial charge < -0.3 is 15.4 Å². The smallest absolute Gasteiger partial charge is 0.265 e. The normalized spacial score (nSPS) is 20.2. The summed E-state index contributed by atoms with van der Waals surface area (Å²) in [5.41, 5.74) is 0.729. The van der Waals surface area contributed by atoms with Crippen molar-refractivity contribution in [2.24, 2.45) is 0 Å². The van der Waals surface area contributed by atoms with Crippen molar-refractivity contribution in [2.75, 3.05) is 5.32 Å². The van der Waals surface area contributed by atoms with Crippen LogP contribution in [-0.2, 0) is 10.4 Å². The number of H-pyrrole nitrogens is 1. The molecule has 22 heavy (non-hydrogen) atoms. The number of hydrogen-bond donors (Lipinski definition) is 3. The van der Waals surface area contributed by atoms with Crippen LogP contribution in [0.5, 0.6) is 0 Å². The molecule has 0 saturated heterocycles. The van der Waals surface area contributed by atoms with Gasteiger partial charge in [0.2, 0.25) is 0 Å². The van der Waals surface area contributed by atoms with Gasteiger partial charge in [-0.3, -0.25) is 4.79 Å². The standard InChI is InChI=1S/C17H13FN2O2/c1-9-15(11-4-2-3-5-13(11)19-9)17(22)12-8-10(18)6-7-14(12)20-16(17)21/h2-8,19,22H,1H3,(H,20,21)/t17-/m0/s1. The first-order valence-electron chi connectivity index (χ1n) is 6.93. The Morgan fingerprint density at radius 2 is 1.95 bits per heavy atom. The van der Waals surface area contributed by atoms with Crippen molar-refractivity contribution in [2.45, 2.75) is 12.5 Å². The zero-order valence-corrected chi connectivity index (χ0v) is 11.8. The monoisotopic (exact) mass is 296 g/mol. The average molecular weight is 296 g/mol. The molecule has 110 valence electrons.